The van der Waals surface area contributed by atoms with Crippen LogP contribution in [-0.2, 0) is 9.59 Å². The molecule has 0 spiro atoms. The van der Waals surface area contributed by atoms with Crippen molar-refractivity contribution in [3.8, 4) is 0 Å². The zero-order valence-corrected chi connectivity index (χ0v) is 13.4. The van der Waals surface area contributed by atoms with E-state index in [1.54, 1.807) is 11.0 Å². The minimum absolute atomic E-state index is 0.0105. The van der Waals surface area contributed by atoms with Gasteiger partial charge in [-0.3, -0.25) is 9.59 Å². The second kappa shape index (κ2) is 6.87. The molecule has 1 heterocycles. The Morgan fingerprint density at radius 1 is 1.29 bits per heavy atom. The molecule has 1 amide bonds. The summed E-state index contributed by atoms with van der Waals surface area (Å²) in [6.45, 7) is 1.23. The lowest BCUT2D eigenvalue weighted by Gasteiger charge is -2.33. The molecule has 130 valence electrons. The summed E-state index contributed by atoms with van der Waals surface area (Å²) in [6.07, 6.45) is 3.04. The van der Waals surface area contributed by atoms with Crippen molar-refractivity contribution in [3.63, 3.8) is 0 Å². The van der Waals surface area contributed by atoms with E-state index in [0.717, 1.165) is 18.9 Å². The molecular weight excluding hydrogens is 316 g/mol. The van der Waals surface area contributed by atoms with E-state index >= 15 is 0 Å². The molecule has 1 N–H and O–H groups in total. The van der Waals surface area contributed by atoms with Gasteiger partial charge in [0.15, 0.2) is 11.6 Å². The molecule has 1 saturated heterocycles. The molecule has 2 aliphatic rings. The molecule has 1 aromatic carbocycles. The van der Waals surface area contributed by atoms with E-state index in [1.165, 1.54) is 6.07 Å². The van der Waals surface area contributed by atoms with Gasteiger partial charge in [-0.25, -0.2) is 8.78 Å². The number of carbonyl (C=O) groups is 2. The zero-order valence-electron chi connectivity index (χ0n) is 13.4. The van der Waals surface area contributed by atoms with Crippen LogP contribution in [0.5, 0.6) is 0 Å². The summed E-state index contributed by atoms with van der Waals surface area (Å²) in [5, 5.41) is 8.78. The van der Waals surface area contributed by atoms with Crippen LogP contribution in [-0.4, -0.2) is 35.0 Å². The number of halogens is 2. The average molecular weight is 337 g/mol. The minimum atomic E-state index is -0.877. The van der Waals surface area contributed by atoms with Crippen molar-refractivity contribution in [2.45, 2.75) is 38.0 Å². The highest BCUT2D eigenvalue weighted by Crippen LogP contribution is 2.49. The summed E-state index contributed by atoms with van der Waals surface area (Å²) >= 11 is 0. The highest BCUT2D eigenvalue weighted by molar-refractivity contribution is 5.83. The fraction of sp³-hybridized carbons (Fsp3) is 0.556. The number of aliphatic carboxylic acids is 1. The Kier molecular flexibility index (Phi) is 4.83. The van der Waals surface area contributed by atoms with E-state index in [9.17, 15) is 18.4 Å². The van der Waals surface area contributed by atoms with Crippen LogP contribution >= 0.6 is 0 Å². The van der Waals surface area contributed by atoms with E-state index in [4.69, 9.17) is 5.11 Å². The number of rotatable bonds is 5. The number of hydrogen-bond donors (Lipinski definition) is 1. The first kappa shape index (κ1) is 16.9. The van der Waals surface area contributed by atoms with E-state index in [-0.39, 0.29) is 35.6 Å². The number of nitrogens with zero attached hydrogens (tertiary/aromatic N) is 1. The monoisotopic (exact) mass is 337 g/mol. The van der Waals surface area contributed by atoms with Gasteiger partial charge < -0.3 is 10.0 Å². The number of benzene rings is 1. The SMILES string of the molecule is O=C(O)CC[C@@H]1CCCN(C(=O)[C@@H]2C[C@H]2c2cccc(F)c2F)C1. The van der Waals surface area contributed by atoms with Crippen LogP contribution in [0, 0.1) is 23.5 Å². The summed E-state index contributed by atoms with van der Waals surface area (Å²) in [4.78, 5) is 25.1. The first-order valence-electron chi connectivity index (χ1n) is 8.42. The molecule has 24 heavy (non-hydrogen) atoms. The van der Waals surface area contributed by atoms with Gasteiger partial charge in [0, 0.05) is 25.4 Å². The number of amides is 1. The van der Waals surface area contributed by atoms with Crippen molar-refractivity contribution in [3.05, 3.63) is 35.4 Å². The number of carbonyl (C=O) groups excluding carboxylic acids is 1. The molecule has 0 unspecified atom stereocenters. The van der Waals surface area contributed by atoms with Crippen molar-refractivity contribution < 1.29 is 23.5 Å². The third-order valence-electron chi connectivity index (χ3n) is 5.09. The molecule has 3 atom stereocenters. The lowest BCUT2D eigenvalue weighted by molar-refractivity contribution is -0.137. The first-order valence-corrected chi connectivity index (χ1v) is 8.42. The second-order valence-electron chi connectivity index (χ2n) is 6.82. The summed E-state index contributed by atoms with van der Waals surface area (Å²) in [7, 11) is 0. The van der Waals surface area contributed by atoms with E-state index in [1.807, 2.05) is 0 Å². The van der Waals surface area contributed by atoms with E-state index in [2.05, 4.69) is 0 Å². The summed E-state index contributed by atoms with van der Waals surface area (Å²) < 4.78 is 27.2. The molecule has 1 aliphatic heterocycles. The fourth-order valence-corrected chi connectivity index (χ4v) is 3.68. The molecule has 3 rings (SSSR count). The van der Waals surface area contributed by atoms with Gasteiger partial charge in [0.05, 0.1) is 0 Å². The number of carboxylic acid groups (broad SMARTS) is 1. The summed E-state index contributed by atoms with van der Waals surface area (Å²) in [5.74, 6) is -2.87. The molecule has 1 saturated carbocycles. The maximum atomic E-state index is 13.9. The van der Waals surface area contributed by atoms with Crippen molar-refractivity contribution in [1.82, 2.24) is 4.90 Å². The van der Waals surface area contributed by atoms with Crippen molar-refractivity contribution in [1.29, 1.82) is 0 Å². The Labute approximate surface area is 139 Å². The number of likely N-dealkylation sites (tertiary alicyclic amines) is 1. The third-order valence-corrected chi connectivity index (χ3v) is 5.09. The van der Waals surface area contributed by atoms with Gasteiger partial charge in [-0.1, -0.05) is 12.1 Å². The Hall–Kier alpha value is -1.98. The maximum Gasteiger partial charge on any atom is 0.303 e. The Morgan fingerprint density at radius 2 is 2.08 bits per heavy atom. The van der Waals surface area contributed by atoms with Crippen LogP contribution < -0.4 is 0 Å². The molecule has 0 radical (unpaired) electrons. The Morgan fingerprint density at radius 3 is 2.83 bits per heavy atom. The molecule has 1 aliphatic carbocycles. The van der Waals surface area contributed by atoms with Crippen molar-refractivity contribution in [2.75, 3.05) is 13.1 Å². The molecular formula is C18H21F2NO3. The van der Waals surface area contributed by atoms with E-state index < -0.39 is 17.6 Å². The lowest BCUT2D eigenvalue weighted by atomic mass is 9.93. The smallest absolute Gasteiger partial charge is 0.303 e. The maximum absolute atomic E-state index is 13.9. The molecule has 2 fully saturated rings. The van der Waals surface area contributed by atoms with E-state index in [0.29, 0.717) is 25.9 Å². The van der Waals surface area contributed by atoms with Gasteiger partial charge in [0.25, 0.3) is 0 Å². The van der Waals surface area contributed by atoms with Gasteiger partial charge in [0.2, 0.25) is 5.91 Å². The quantitative estimate of drug-likeness (QED) is 0.898. The predicted octanol–water partition coefficient (Wildman–Crippen LogP) is 3.17. The van der Waals surface area contributed by atoms with Crippen molar-refractivity contribution in [2.24, 2.45) is 11.8 Å². The van der Waals surface area contributed by atoms with Gasteiger partial charge in [0.1, 0.15) is 0 Å². The molecule has 0 bridgehead atoms. The number of hydrogen-bond acceptors (Lipinski definition) is 2. The molecule has 6 heteroatoms. The van der Waals surface area contributed by atoms with Gasteiger partial charge in [-0.2, -0.15) is 0 Å². The normalized spacial score (nSPS) is 26.2. The van der Waals surface area contributed by atoms with Crippen LogP contribution in [0.2, 0.25) is 0 Å². The summed E-state index contributed by atoms with van der Waals surface area (Å²) in [6, 6.07) is 4.09. The van der Waals surface area contributed by atoms with Crippen LogP contribution in [0.4, 0.5) is 8.78 Å². The fourth-order valence-electron chi connectivity index (χ4n) is 3.68. The van der Waals surface area contributed by atoms with Gasteiger partial charge >= 0.3 is 5.97 Å². The Bertz CT molecular complexity index is 649. The summed E-state index contributed by atoms with van der Waals surface area (Å²) in [5.41, 5.74) is 0.285. The standard InChI is InChI=1S/C18H21F2NO3/c19-15-5-1-4-12(17(15)20)13-9-14(13)18(24)21-8-2-3-11(10-21)6-7-16(22)23/h1,4-5,11,13-14H,2-3,6-10H2,(H,22,23)/t11-,13-,14+/m0/s1. The van der Waals surface area contributed by atoms with Crippen LogP contribution in [0.25, 0.3) is 0 Å². The van der Waals surface area contributed by atoms with Gasteiger partial charge in [-0.05, 0) is 49.1 Å². The highest BCUT2D eigenvalue weighted by Gasteiger charge is 2.47. The van der Waals surface area contributed by atoms with Crippen LogP contribution in [0.15, 0.2) is 18.2 Å². The number of carboxylic acids is 1. The zero-order chi connectivity index (χ0) is 17.3. The van der Waals surface area contributed by atoms with Crippen LogP contribution in [0.1, 0.15) is 43.6 Å². The average Bonchev–Trinajstić information content (AvgIpc) is 3.35. The molecule has 1 aromatic rings. The second-order valence-corrected chi connectivity index (χ2v) is 6.82. The molecule has 0 aromatic heterocycles. The topological polar surface area (TPSA) is 57.6 Å². The minimum Gasteiger partial charge on any atom is -0.481 e. The van der Waals surface area contributed by atoms with Crippen molar-refractivity contribution >= 4 is 11.9 Å². The predicted molar refractivity (Wildman–Crippen MR) is 83.4 cm³/mol. The van der Waals surface area contributed by atoms with Crippen LogP contribution in [0.3, 0.4) is 0 Å². The first-order chi connectivity index (χ1) is 11.5. The Balaban J connectivity index is 1.59. The molecule has 4 nitrogen and oxygen atoms in total. The largest absolute Gasteiger partial charge is 0.481 e. The number of piperidine rings is 1. The van der Waals surface area contributed by atoms with Gasteiger partial charge in [-0.15, -0.1) is 0 Å². The lowest BCUT2D eigenvalue weighted by Crippen LogP contribution is -2.41. The highest BCUT2D eigenvalue weighted by atomic mass is 19.2. The third kappa shape index (κ3) is 3.57.